The molecule has 1 aromatic carbocycles. The van der Waals surface area contributed by atoms with Crippen LogP contribution in [-0.4, -0.2) is 17.5 Å². The maximum Gasteiger partial charge on any atom is 0.0606 e. The smallest absolute Gasteiger partial charge is 0.0606 e. The fourth-order valence-corrected chi connectivity index (χ4v) is 2.64. The van der Waals surface area contributed by atoms with Crippen molar-refractivity contribution < 1.29 is 0 Å². The highest BCUT2D eigenvalue weighted by Crippen LogP contribution is 2.36. The third-order valence-electron chi connectivity index (χ3n) is 3.44. The molecule has 16 heavy (non-hydrogen) atoms. The maximum atomic E-state index is 5.46. The van der Waals surface area contributed by atoms with E-state index < -0.39 is 0 Å². The van der Waals surface area contributed by atoms with Crippen LogP contribution >= 0.6 is 0 Å². The van der Waals surface area contributed by atoms with Crippen LogP contribution in [-0.2, 0) is 6.42 Å². The van der Waals surface area contributed by atoms with Crippen molar-refractivity contribution >= 4 is 0 Å². The summed E-state index contributed by atoms with van der Waals surface area (Å²) in [5.41, 5.74) is 2.97. The Balaban J connectivity index is 2.26. The molecule has 1 aromatic rings. The Morgan fingerprint density at radius 3 is 2.88 bits per heavy atom. The van der Waals surface area contributed by atoms with Gasteiger partial charge in [-0.1, -0.05) is 30.2 Å². The van der Waals surface area contributed by atoms with Gasteiger partial charge in [0.15, 0.2) is 0 Å². The van der Waals surface area contributed by atoms with Gasteiger partial charge < -0.3 is 0 Å². The van der Waals surface area contributed by atoms with Gasteiger partial charge in [-0.3, -0.25) is 4.90 Å². The van der Waals surface area contributed by atoms with Crippen molar-refractivity contribution in [2.45, 2.75) is 38.8 Å². The van der Waals surface area contributed by atoms with Gasteiger partial charge in [0.1, 0.15) is 0 Å². The molecule has 0 amide bonds. The highest BCUT2D eigenvalue weighted by atomic mass is 15.2. The van der Waals surface area contributed by atoms with E-state index in [2.05, 4.69) is 48.9 Å². The number of hydrogen-bond donors (Lipinski definition) is 0. The average molecular weight is 213 g/mol. The Bertz CT molecular complexity index is 400. The zero-order chi connectivity index (χ0) is 11.5. The van der Waals surface area contributed by atoms with Crippen molar-refractivity contribution in [1.29, 1.82) is 0 Å². The molecule has 1 unspecified atom stereocenters. The van der Waals surface area contributed by atoms with Crippen LogP contribution in [0.15, 0.2) is 24.3 Å². The van der Waals surface area contributed by atoms with Crippen molar-refractivity contribution in [1.82, 2.24) is 4.90 Å². The standard InChI is InChI=1S/C15H19N/c1-4-11-16(12(2)3)15-10-9-13-7-5-6-8-14(13)15/h1,5-8,12,15H,9-11H2,2-3H3. The van der Waals surface area contributed by atoms with Crippen LogP contribution in [0.4, 0.5) is 0 Å². The molecule has 0 aliphatic heterocycles. The minimum atomic E-state index is 0.507. The lowest BCUT2D eigenvalue weighted by molar-refractivity contribution is 0.175. The number of terminal acetylenes is 1. The van der Waals surface area contributed by atoms with Gasteiger partial charge >= 0.3 is 0 Å². The molecule has 0 bridgehead atoms. The van der Waals surface area contributed by atoms with Crippen LogP contribution < -0.4 is 0 Å². The molecule has 0 aromatic heterocycles. The van der Waals surface area contributed by atoms with Crippen LogP contribution in [0.25, 0.3) is 0 Å². The van der Waals surface area contributed by atoms with Gasteiger partial charge in [-0.2, -0.15) is 0 Å². The minimum Gasteiger partial charge on any atom is -0.283 e. The Morgan fingerprint density at radius 2 is 2.19 bits per heavy atom. The Labute approximate surface area is 98.5 Å². The molecule has 0 spiro atoms. The summed E-state index contributed by atoms with van der Waals surface area (Å²) in [6.07, 6.45) is 7.86. The van der Waals surface area contributed by atoms with Crippen molar-refractivity contribution in [2.24, 2.45) is 0 Å². The molecular formula is C15H19N. The molecule has 0 saturated heterocycles. The molecule has 84 valence electrons. The van der Waals surface area contributed by atoms with Gasteiger partial charge in [-0.25, -0.2) is 0 Å². The summed E-state index contributed by atoms with van der Waals surface area (Å²) in [4.78, 5) is 2.42. The van der Waals surface area contributed by atoms with E-state index in [0.717, 1.165) is 6.54 Å². The molecule has 0 saturated carbocycles. The van der Waals surface area contributed by atoms with Crippen molar-refractivity contribution in [3.8, 4) is 12.3 Å². The van der Waals surface area contributed by atoms with Crippen LogP contribution in [0.5, 0.6) is 0 Å². The zero-order valence-electron chi connectivity index (χ0n) is 10.1. The fourth-order valence-electron chi connectivity index (χ4n) is 2.64. The van der Waals surface area contributed by atoms with Crippen LogP contribution in [0.1, 0.15) is 37.4 Å². The van der Waals surface area contributed by atoms with Crippen LogP contribution in [0, 0.1) is 12.3 Å². The Kier molecular flexibility index (Phi) is 3.31. The summed E-state index contributed by atoms with van der Waals surface area (Å²) in [5, 5.41) is 0. The Hall–Kier alpha value is -1.26. The number of hydrogen-bond acceptors (Lipinski definition) is 1. The highest BCUT2D eigenvalue weighted by molar-refractivity contribution is 5.34. The van der Waals surface area contributed by atoms with E-state index in [4.69, 9.17) is 6.42 Å². The van der Waals surface area contributed by atoms with Crippen molar-refractivity contribution in [3.05, 3.63) is 35.4 Å². The van der Waals surface area contributed by atoms with Gasteiger partial charge in [-0.15, -0.1) is 6.42 Å². The van der Waals surface area contributed by atoms with E-state index in [9.17, 15) is 0 Å². The monoisotopic (exact) mass is 213 g/mol. The van der Waals surface area contributed by atoms with E-state index in [-0.39, 0.29) is 0 Å². The summed E-state index contributed by atoms with van der Waals surface area (Å²) in [5.74, 6) is 2.78. The third-order valence-corrected chi connectivity index (χ3v) is 3.44. The molecule has 1 heteroatoms. The number of aryl methyl sites for hydroxylation is 1. The lowest BCUT2D eigenvalue weighted by Crippen LogP contribution is -2.34. The number of fused-ring (bicyclic) bond motifs is 1. The first-order chi connectivity index (χ1) is 7.74. The predicted molar refractivity (Wildman–Crippen MR) is 68.2 cm³/mol. The van der Waals surface area contributed by atoms with Gasteiger partial charge in [0.05, 0.1) is 6.54 Å². The first-order valence-electron chi connectivity index (χ1n) is 6.01. The van der Waals surface area contributed by atoms with Crippen molar-refractivity contribution in [2.75, 3.05) is 6.54 Å². The fraction of sp³-hybridized carbons (Fsp3) is 0.467. The average Bonchev–Trinajstić information content (AvgIpc) is 2.69. The molecule has 1 aliphatic carbocycles. The SMILES string of the molecule is C#CCN(C(C)C)C1CCc2ccccc21. The van der Waals surface area contributed by atoms with Crippen LogP contribution in [0.2, 0.25) is 0 Å². The molecule has 1 aliphatic rings. The largest absolute Gasteiger partial charge is 0.283 e. The van der Waals surface area contributed by atoms with Gasteiger partial charge in [0.25, 0.3) is 0 Å². The van der Waals surface area contributed by atoms with E-state index in [1.807, 2.05) is 0 Å². The van der Waals surface area contributed by atoms with Crippen LogP contribution in [0.3, 0.4) is 0 Å². The van der Waals surface area contributed by atoms with E-state index >= 15 is 0 Å². The summed E-state index contributed by atoms with van der Waals surface area (Å²) < 4.78 is 0. The first kappa shape index (κ1) is 11.2. The Morgan fingerprint density at radius 1 is 1.44 bits per heavy atom. The third kappa shape index (κ3) is 1.99. The van der Waals surface area contributed by atoms with Gasteiger partial charge in [0.2, 0.25) is 0 Å². The lowest BCUT2D eigenvalue weighted by Gasteiger charge is -2.31. The molecule has 0 radical (unpaired) electrons. The molecular weight excluding hydrogens is 194 g/mol. The number of benzene rings is 1. The predicted octanol–water partition coefficient (Wildman–Crippen LogP) is 3.02. The first-order valence-corrected chi connectivity index (χ1v) is 6.01. The summed E-state index contributed by atoms with van der Waals surface area (Å²) in [6.45, 7) is 5.19. The molecule has 0 N–H and O–H groups in total. The molecule has 1 atom stereocenters. The van der Waals surface area contributed by atoms with Gasteiger partial charge in [-0.05, 0) is 37.8 Å². The number of rotatable bonds is 3. The minimum absolute atomic E-state index is 0.507. The molecule has 1 nitrogen and oxygen atoms in total. The second-order valence-corrected chi connectivity index (χ2v) is 4.72. The summed E-state index contributed by atoms with van der Waals surface area (Å²) >= 11 is 0. The van der Waals surface area contributed by atoms with Crippen molar-refractivity contribution in [3.63, 3.8) is 0 Å². The molecule has 2 rings (SSSR count). The second-order valence-electron chi connectivity index (χ2n) is 4.72. The summed E-state index contributed by atoms with van der Waals surface area (Å²) in [7, 11) is 0. The zero-order valence-corrected chi connectivity index (χ0v) is 10.1. The second kappa shape index (κ2) is 4.72. The highest BCUT2D eigenvalue weighted by Gasteiger charge is 2.28. The topological polar surface area (TPSA) is 3.24 Å². The van der Waals surface area contributed by atoms with E-state index in [1.165, 1.54) is 24.0 Å². The normalized spacial score (nSPS) is 18.8. The van der Waals surface area contributed by atoms with E-state index in [0.29, 0.717) is 12.1 Å². The lowest BCUT2D eigenvalue weighted by atomic mass is 10.1. The molecule has 0 heterocycles. The van der Waals surface area contributed by atoms with E-state index in [1.54, 1.807) is 0 Å². The van der Waals surface area contributed by atoms with Gasteiger partial charge in [0, 0.05) is 12.1 Å². The summed E-state index contributed by atoms with van der Waals surface area (Å²) in [6, 6.07) is 9.77. The quantitative estimate of drug-likeness (QED) is 0.698. The molecule has 0 fully saturated rings. The number of nitrogens with zero attached hydrogens (tertiary/aromatic N) is 1. The maximum absolute atomic E-state index is 5.46.